The Labute approximate surface area is 183 Å². The Bertz CT molecular complexity index is 1400. The summed E-state index contributed by atoms with van der Waals surface area (Å²) < 4.78 is 1.89. The Morgan fingerprint density at radius 2 is 2.00 bits per heavy atom. The summed E-state index contributed by atoms with van der Waals surface area (Å²) in [5.74, 6) is -0.0270. The molecule has 1 N–H and O–H groups in total. The zero-order chi connectivity index (χ0) is 21.4. The lowest BCUT2D eigenvalue weighted by molar-refractivity contribution is -0.116. The van der Waals surface area contributed by atoms with E-state index in [9.17, 15) is 4.79 Å². The van der Waals surface area contributed by atoms with Gasteiger partial charge in [-0.25, -0.2) is 14.5 Å². The van der Waals surface area contributed by atoms with Gasteiger partial charge in [0, 0.05) is 46.0 Å². The first-order valence-corrected chi connectivity index (χ1v) is 11.0. The van der Waals surface area contributed by atoms with Gasteiger partial charge < -0.3 is 5.32 Å². The van der Waals surface area contributed by atoms with E-state index in [4.69, 9.17) is 10.1 Å². The van der Waals surface area contributed by atoms with Crippen molar-refractivity contribution in [1.82, 2.24) is 19.6 Å². The lowest BCUT2D eigenvalue weighted by atomic mass is 10.1. The molecule has 0 unspecified atom stereocenters. The first-order valence-electron chi connectivity index (χ1n) is 10.1. The lowest BCUT2D eigenvalue weighted by Crippen LogP contribution is -2.14. The summed E-state index contributed by atoms with van der Waals surface area (Å²) in [6, 6.07) is 15.8. The van der Waals surface area contributed by atoms with Crippen LogP contribution in [-0.4, -0.2) is 25.5 Å². The van der Waals surface area contributed by atoms with Crippen LogP contribution in [0.4, 0.5) is 5.69 Å². The monoisotopic (exact) mass is 427 g/mol. The fourth-order valence-electron chi connectivity index (χ4n) is 3.90. The molecule has 2 aromatic carbocycles. The van der Waals surface area contributed by atoms with Crippen LogP contribution in [0.1, 0.15) is 23.4 Å². The van der Waals surface area contributed by atoms with Crippen LogP contribution >= 0.6 is 11.3 Å². The highest BCUT2D eigenvalue weighted by molar-refractivity contribution is 7.13. The summed E-state index contributed by atoms with van der Waals surface area (Å²) in [5.41, 5.74) is 6.58. The number of carbonyl (C=O) groups is 1. The van der Waals surface area contributed by atoms with Crippen LogP contribution in [0.25, 0.3) is 27.1 Å². The number of aromatic nitrogens is 4. The van der Waals surface area contributed by atoms with Crippen LogP contribution in [0.3, 0.4) is 0 Å². The molecule has 0 spiro atoms. The normalized spacial score (nSPS) is 11.3. The molecule has 5 rings (SSSR count). The number of amides is 1. The highest BCUT2D eigenvalue weighted by Crippen LogP contribution is 2.25. The number of hydrogen-bond donors (Lipinski definition) is 1. The standard InChI is InChI=1S/C24H21N5OS/c1-15-19(16(2)29-23(26-15)20-8-3-4-9-21(20)28-29)10-11-22(30)27-18-7-5-6-17(14-18)24-25-12-13-31-24/h3-9,12-14H,10-11H2,1-2H3,(H,27,30). The van der Waals surface area contributed by atoms with Gasteiger partial charge in [-0.3, -0.25) is 4.79 Å². The van der Waals surface area contributed by atoms with Crippen molar-refractivity contribution in [1.29, 1.82) is 0 Å². The zero-order valence-corrected chi connectivity index (χ0v) is 18.1. The molecule has 3 aromatic heterocycles. The zero-order valence-electron chi connectivity index (χ0n) is 17.3. The number of nitrogens with one attached hydrogen (secondary N) is 1. The van der Waals surface area contributed by atoms with Crippen molar-refractivity contribution in [3.8, 4) is 10.6 Å². The molecule has 0 bridgehead atoms. The van der Waals surface area contributed by atoms with Crippen LogP contribution in [0.5, 0.6) is 0 Å². The Balaban J connectivity index is 1.34. The van der Waals surface area contributed by atoms with Gasteiger partial charge in [0.15, 0.2) is 5.65 Å². The molecular weight excluding hydrogens is 406 g/mol. The molecule has 0 aliphatic rings. The maximum absolute atomic E-state index is 12.6. The summed E-state index contributed by atoms with van der Waals surface area (Å²) in [6.45, 7) is 4.04. The van der Waals surface area contributed by atoms with E-state index in [1.165, 1.54) is 0 Å². The average molecular weight is 428 g/mol. The number of anilines is 1. The van der Waals surface area contributed by atoms with Crippen molar-refractivity contribution < 1.29 is 4.79 Å². The second kappa shape index (κ2) is 7.92. The highest BCUT2D eigenvalue weighted by Gasteiger charge is 2.15. The van der Waals surface area contributed by atoms with Gasteiger partial charge in [0.25, 0.3) is 0 Å². The van der Waals surface area contributed by atoms with Crippen molar-refractivity contribution in [2.24, 2.45) is 0 Å². The summed E-state index contributed by atoms with van der Waals surface area (Å²) in [6.07, 6.45) is 2.76. The van der Waals surface area contributed by atoms with E-state index in [1.807, 2.05) is 72.3 Å². The number of rotatable bonds is 5. The maximum Gasteiger partial charge on any atom is 0.224 e. The second-order valence-corrected chi connectivity index (χ2v) is 8.37. The number of aryl methyl sites for hydroxylation is 2. The average Bonchev–Trinajstić information content (AvgIpc) is 3.42. The van der Waals surface area contributed by atoms with Crippen molar-refractivity contribution in [3.63, 3.8) is 0 Å². The van der Waals surface area contributed by atoms with Gasteiger partial charge in [-0.2, -0.15) is 5.10 Å². The van der Waals surface area contributed by atoms with Crippen molar-refractivity contribution in [3.05, 3.63) is 77.1 Å². The van der Waals surface area contributed by atoms with E-state index < -0.39 is 0 Å². The fourth-order valence-corrected chi connectivity index (χ4v) is 4.53. The van der Waals surface area contributed by atoms with Crippen LogP contribution in [0.2, 0.25) is 0 Å². The lowest BCUT2D eigenvalue weighted by Gasteiger charge is -2.11. The van der Waals surface area contributed by atoms with E-state index >= 15 is 0 Å². The molecule has 3 heterocycles. The summed E-state index contributed by atoms with van der Waals surface area (Å²) in [4.78, 5) is 21.8. The predicted octanol–water partition coefficient (Wildman–Crippen LogP) is 5.19. The van der Waals surface area contributed by atoms with Crippen LogP contribution in [0.15, 0.2) is 60.1 Å². The van der Waals surface area contributed by atoms with Crippen LogP contribution < -0.4 is 5.32 Å². The van der Waals surface area contributed by atoms with E-state index in [1.54, 1.807) is 17.5 Å². The van der Waals surface area contributed by atoms with Gasteiger partial charge in [0.1, 0.15) is 5.01 Å². The maximum atomic E-state index is 12.6. The van der Waals surface area contributed by atoms with Gasteiger partial charge in [0.2, 0.25) is 5.91 Å². The van der Waals surface area contributed by atoms with Crippen LogP contribution in [-0.2, 0) is 11.2 Å². The first kappa shape index (κ1) is 19.4. The molecule has 0 radical (unpaired) electrons. The third kappa shape index (κ3) is 3.68. The number of benzene rings is 2. The largest absolute Gasteiger partial charge is 0.326 e. The van der Waals surface area contributed by atoms with Gasteiger partial charge in [-0.15, -0.1) is 11.3 Å². The van der Waals surface area contributed by atoms with Gasteiger partial charge >= 0.3 is 0 Å². The molecule has 0 aliphatic heterocycles. The molecule has 5 aromatic rings. The fraction of sp³-hybridized carbons (Fsp3) is 0.167. The number of fused-ring (bicyclic) bond motifs is 3. The molecule has 6 nitrogen and oxygen atoms in total. The van der Waals surface area contributed by atoms with E-state index in [0.717, 1.165) is 49.8 Å². The molecule has 0 atom stereocenters. The van der Waals surface area contributed by atoms with Crippen molar-refractivity contribution >= 4 is 39.5 Å². The highest BCUT2D eigenvalue weighted by atomic mass is 32.1. The molecule has 0 saturated heterocycles. The second-order valence-electron chi connectivity index (χ2n) is 7.48. The third-order valence-electron chi connectivity index (χ3n) is 5.45. The quantitative estimate of drug-likeness (QED) is 0.419. The summed E-state index contributed by atoms with van der Waals surface area (Å²) in [7, 11) is 0. The molecule has 0 saturated carbocycles. The molecule has 31 heavy (non-hydrogen) atoms. The number of hydrogen-bond acceptors (Lipinski definition) is 5. The summed E-state index contributed by atoms with van der Waals surface area (Å²) >= 11 is 1.58. The summed E-state index contributed by atoms with van der Waals surface area (Å²) in [5, 5.41) is 11.6. The predicted molar refractivity (Wildman–Crippen MR) is 124 cm³/mol. The number of carbonyl (C=O) groups excluding carboxylic acids is 1. The minimum absolute atomic E-state index is 0.0270. The van der Waals surface area contributed by atoms with E-state index in [2.05, 4.69) is 10.3 Å². The molecule has 0 aliphatic carbocycles. The Hall–Kier alpha value is -3.58. The van der Waals surface area contributed by atoms with Gasteiger partial charge in [-0.05, 0) is 50.1 Å². The van der Waals surface area contributed by atoms with Crippen molar-refractivity contribution in [2.75, 3.05) is 5.32 Å². The Morgan fingerprint density at radius 3 is 2.84 bits per heavy atom. The van der Waals surface area contributed by atoms with E-state index in [-0.39, 0.29) is 5.91 Å². The topological polar surface area (TPSA) is 72.2 Å². The number of nitrogens with zero attached hydrogens (tertiary/aromatic N) is 4. The molecule has 1 amide bonds. The molecule has 0 fully saturated rings. The molecular formula is C24H21N5OS. The smallest absolute Gasteiger partial charge is 0.224 e. The van der Waals surface area contributed by atoms with E-state index in [0.29, 0.717) is 12.8 Å². The Kier molecular flexibility index (Phi) is 4.95. The molecule has 154 valence electrons. The third-order valence-corrected chi connectivity index (χ3v) is 6.27. The SMILES string of the molecule is Cc1nc2c3ccccc3nn2c(C)c1CCC(=O)Nc1cccc(-c2nccs2)c1. The minimum atomic E-state index is -0.0270. The number of thiazole rings is 1. The van der Waals surface area contributed by atoms with Crippen molar-refractivity contribution in [2.45, 2.75) is 26.7 Å². The minimum Gasteiger partial charge on any atom is -0.326 e. The first-order chi connectivity index (χ1) is 15.1. The van der Waals surface area contributed by atoms with Crippen LogP contribution in [0, 0.1) is 13.8 Å². The Morgan fingerprint density at radius 1 is 1.13 bits per heavy atom. The van der Waals surface area contributed by atoms with Gasteiger partial charge in [-0.1, -0.05) is 24.3 Å². The molecule has 7 heteroatoms. The van der Waals surface area contributed by atoms with Gasteiger partial charge in [0.05, 0.1) is 5.52 Å².